The van der Waals surface area contributed by atoms with E-state index in [4.69, 9.17) is 5.73 Å². The van der Waals surface area contributed by atoms with Crippen molar-refractivity contribution in [2.75, 3.05) is 6.54 Å². The molecule has 2 rings (SSSR count). The highest BCUT2D eigenvalue weighted by Gasteiger charge is 2.38. The number of likely N-dealkylation sites (tertiary alicyclic amines) is 1. The molecule has 2 atom stereocenters. The van der Waals surface area contributed by atoms with Gasteiger partial charge in [0.2, 0.25) is 11.8 Å². The van der Waals surface area contributed by atoms with Gasteiger partial charge in [-0.05, 0) is 23.6 Å². The molecule has 1 aromatic rings. The molecule has 1 aromatic heterocycles. The molecule has 2 N–H and O–H groups in total. The average molecular weight is 261 g/mol. The van der Waals surface area contributed by atoms with Gasteiger partial charge < -0.3 is 10.6 Å². The summed E-state index contributed by atoms with van der Waals surface area (Å²) in [7, 11) is 0. The highest BCUT2D eigenvalue weighted by molar-refractivity contribution is 5.88. The number of nitrogens with two attached hydrogens (primary N) is 1. The molecule has 1 fully saturated rings. The number of amides is 2. The number of primary amides is 1. The van der Waals surface area contributed by atoms with E-state index in [1.807, 2.05) is 12.1 Å². The lowest BCUT2D eigenvalue weighted by Crippen LogP contribution is -2.34. The minimum Gasteiger partial charge on any atom is -0.369 e. The zero-order chi connectivity index (χ0) is 14.0. The second kappa shape index (κ2) is 5.38. The maximum atomic E-state index is 12.1. The van der Waals surface area contributed by atoms with Crippen molar-refractivity contribution in [3.63, 3.8) is 0 Å². The van der Waals surface area contributed by atoms with Gasteiger partial charge in [0.25, 0.3) is 0 Å². The van der Waals surface area contributed by atoms with E-state index >= 15 is 0 Å². The van der Waals surface area contributed by atoms with Crippen molar-refractivity contribution in [1.29, 1.82) is 0 Å². The molecule has 0 radical (unpaired) electrons. The topological polar surface area (TPSA) is 76.3 Å². The Bertz CT molecular complexity index is 473. The van der Waals surface area contributed by atoms with Crippen molar-refractivity contribution in [2.24, 2.45) is 17.6 Å². The summed E-state index contributed by atoms with van der Waals surface area (Å²) in [4.78, 5) is 29.1. The smallest absolute Gasteiger partial charge is 0.223 e. The molecule has 1 saturated heterocycles. The van der Waals surface area contributed by atoms with Crippen molar-refractivity contribution in [1.82, 2.24) is 9.88 Å². The molecule has 102 valence electrons. The van der Waals surface area contributed by atoms with Crippen molar-refractivity contribution in [2.45, 2.75) is 26.3 Å². The van der Waals surface area contributed by atoms with Gasteiger partial charge in [-0.1, -0.05) is 13.8 Å². The lowest BCUT2D eigenvalue weighted by atomic mass is 9.95. The summed E-state index contributed by atoms with van der Waals surface area (Å²) in [6, 6.07) is 3.80. The molecule has 0 aliphatic carbocycles. The van der Waals surface area contributed by atoms with E-state index in [9.17, 15) is 9.59 Å². The van der Waals surface area contributed by atoms with E-state index < -0.39 is 5.91 Å². The summed E-state index contributed by atoms with van der Waals surface area (Å²) in [5.41, 5.74) is 6.35. The molecule has 0 saturated carbocycles. The zero-order valence-electron chi connectivity index (χ0n) is 11.2. The predicted molar refractivity (Wildman–Crippen MR) is 70.8 cm³/mol. The number of hydrogen-bond acceptors (Lipinski definition) is 3. The Kier molecular flexibility index (Phi) is 3.83. The maximum Gasteiger partial charge on any atom is 0.223 e. The Morgan fingerprint density at radius 3 is 2.53 bits per heavy atom. The lowest BCUT2D eigenvalue weighted by Gasteiger charge is -2.31. The number of carbonyl (C=O) groups excluding carboxylic acids is 2. The van der Waals surface area contributed by atoms with Crippen molar-refractivity contribution in [3.05, 3.63) is 30.1 Å². The Morgan fingerprint density at radius 1 is 1.42 bits per heavy atom. The van der Waals surface area contributed by atoms with Crippen LogP contribution in [0.3, 0.4) is 0 Å². The molecule has 1 aliphatic heterocycles. The summed E-state index contributed by atoms with van der Waals surface area (Å²) >= 11 is 0. The fraction of sp³-hybridized carbons (Fsp3) is 0.500. The molecule has 0 aromatic carbocycles. The van der Waals surface area contributed by atoms with Crippen molar-refractivity contribution < 1.29 is 9.59 Å². The minimum atomic E-state index is -0.395. The van der Waals surface area contributed by atoms with E-state index in [1.54, 1.807) is 17.3 Å². The van der Waals surface area contributed by atoms with Gasteiger partial charge in [-0.2, -0.15) is 0 Å². The Morgan fingerprint density at radius 2 is 2.05 bits per heavy atom. The number of hydrogen-bond donors (Lipinski definition) is 1. The van der Waals surface area contributed by atoms with E-state index in [0.717, 1.165) is 5.56 Å². The largest absolute Gasteiger partial charge is 0.369 e. The number of rotatable bonds is 4. The van der Waals surface area contributed by atoms with E-state index in [-0.39, 0.29) is 30.2 Å². The quantitative estimate of drug-likeness (QED) is 0.882. The molecule has 0 bridgehead atoms. The minimum absolute atomic E-state index is 0.000637. The highest BCUT2D eigenvalue weighted by Crippen LogP contribution is 2.33. The SMILES string of the molecule is CC(C)C(c1ccncc1)N1CC(C(N)=O)CC1=O. The first-order chi connectivity index (χ1) is 9.00. The number of aromatic nitrogens is 1. The standard InChI is InChI=1S/C14H19N3O2/c1-9(2)13(10-3-5-16-6-4-10)17-8-11(14(15)19)7-12(17)18/h3-6,9,11,13H,7-8H2,1-2H3,(H2,15,19). The highest BCUT2D eigenvalue weighted by atomic mass is 16.2. The van der Waals surface area contributed by atoms with Crippen molar-refractivity contribution in [3.8, 4) is 0 Å². The third kappa shape index (κ3) is 2.75. The first-order valence-corrected chi connectivity index (χ1v) is 6.49. The lowest BCUT2D eigenvalue weighted by molar-refractivity contribution is -0.131. The van der Waals surface area contributed by atoms with E-state index in [1.165, 1.54) is 0 Å². The van der Waals surface area contributed by atoms with Crippen LogP contribution < -0.4 is 5.73 Å². The summed E-state index contributed by atoms with van der Waals surface area (Å²) in [5, 5.41) is 0. The first kappa shape index (κ1) is 13.5. The van der Waals surface area contributed by atoms with Crippen LogP contribution in [0.4, 0.5) is 0 Å². The van der Waals surface area contributed by atoms with Gasteiger partial charge in [-0.15, -0.1) is 0 Å². The van der Waals surface area contributed by atoms with Crippen LogP contribution in [-0.2, 0) is 9.59 Å². The van der Waals surface area contributed by atoms with Crippen LogP contribution >= 0.6 is 0 Å². The molecular weight excluding hydrogens is 242 g/mol. The van der Waals surface area contributed by atoms with Gasteiger partial charge in [0, 0.05) is 25.4 Å². The second-order valence-corrected chi connectivity index (χ2v) is 5.32. The molecule has 2 unspecified atom stereocenters. The van der Waals surface area contributed by atoms with E-state index in [2.05, 4.69) is 18.8 Å². The third-order valence-electron chi connectivity index (χ3n) is 3.58. The molecular formula is C14H19N3O2. The molecule has 2 amide bonds. The van der Waals surface area contributed by atoms with Gasteiger partial charge in [-0.3, -0.25) is 14.6 Å². The summed E-state index contributed by atoms with van der Waals surface area (Å²) < 4.78 is 0. The van der Waals surface area contributed by atoms with Gasteiger partial charge in [0.15, 0.2) is 0 Å². The molecule has 0 spiro atoms. The summed E-state index contributed by atoms with van der Waals surface area (Å²) in [6.45, 7) is 4.55. The van der Waals surface area contributed by atoms with Crippen LogP contribution in [-0.4, -0.2) is 28.2 Å². The number of carbonyl (C=O) groups is 2. The fourth-order valence-electron chi connectivity index (χ4n) is 2.68. The first-order valence-electron chi connectivity index (χ1n) is 6.49. The number of nitrogens with zero attached hydrogens (tertiary/aromatic N) is 2. The Hall–Kier alpha value is -1.91. The van der Waals surface area contributed by atoms with Crippen LogP contribution in [0.25, 0.3) is 0 Å². The Balaban J connectivity index is 2.26. The molecule has 2 heterocycles. The van der Waals surface area contributed by atoms with Gasteiger partial charge in [0.1, 0.15) is 0 Å². The van der Waals surface area contributed by atoms with Crippen molar-refractivity contribution >= 4 is 11.8 Å². The Labute approximate surface area is 112 Å². The van der Waals surface area contributed by atoms with Crippen LogP contribution in [0.1, 0.15) is 31.9 Å². The molecule has 1 aliphatic rings. The van der Waals surface area contributed by atoms with Crippen LogP contribution in [0.5, 0.6) is 0 Å². The summed E-state index contributed by atoms with van der Waals surface area (Å²) in [5.74, 6) is -0.499. The molecule has 19 heavy (non-hydrogen) atoms. The van der Waals surface area contributed by atoms with Gasteiger partial charge in [-0.25, -0.2) is 0 Å². The van der Waals surface area contributed by atoms with Crippen LogP contribution in [0.15, 0.2) is 24.5 Å². The van der Waals surface area contributed by atoms with Crippen LogP contribution in [0.2, 0.25) is 0 Å². The number of pyridine rings is 1. The predicted octanol–water partition coefficient (Wildman–Crippen LogP) is 1.11. The second-order valence-electron chi connectivity index (χ2n) is 5.32. The molecule has 5 nitrogen and oxygen atoms in total. The van der Waals surface area contributed by atoms with Crippen LogP contribution in [0, 0.1) is 11.8 Å². The third-order valence-corrected chi connectivity index (χ3v) is 3.58. The summed E-state index contributed by atoms with van der Waals surface area (Å²) in [6.07, 6.45) is 3.66. The molecule has 5 heteroatoms. The monoisotopic (exact) mass is 261 g/mol. The van der Waals surface area contributed by atoms with Gasteiger partial charge in [0.05, 0.1) is 12.0 Å². The van der Waals surface area contributed by atoms with Gasteiger partial charge >= 0.3 is 0 Å². The van der Waals surface area contributed by atoms with E-state index in [0.29, 0.717) is 6.54 Å². The fourth-order valence-corrected chi connectivity index (χ4v) is 2.68. The zero-order valence-corrected chi connectivity index (χ0v) is 11.2. The normalized spacial score (nSPS) is 20.9. The average Bonchev–Trinajstić information content (AvgIpc) is 2.73. The maximum absolute atomic E-state index is 12.1.